The Balaban J connectivity index is 1.63. The van der Waals surface area contributed by atoms with Gasteiger partial charge in [-0.05, 0) is 24.3 Å². The van der Waals surface area contributed by atoms with Crippen LogP contribution >= 0.6 is 0 Å². The van der Waals surface area contributed by atoms with Crippen LogP contribution in [0.15, 0.2) is 71.3 Å². The first-order chi connectivity index (χ1) is 10.4. The molecule has 3 nitrogen and oxygen atoms in total. The number of aromatic nitrogens is 1. The van der Waals surface area contributed by atoms with Gasteiger partial charge in [0.15, 0.2) is 0 Å². The average molecular weight is 274 g/mol. The third-order valence-electron chi connectivity index (χ3n) is 3.56. The van der Waals surface area contributed by atoms with Crippen molar-refractivity contribution in [3.8, 4) is 0 Å². The highest BCUT2D eigenvalue weighted by atomic mass is 16.3. The van der Waals surface area contributed by atoms with Crippen molar-refractivity contribution in [3.05, 3.63) is 72.6 Å². The molecular formula is C18H14N2O. The van der Waals surface area contributed by atoms with E-state index in [1.165, 1.54) is 0 Å². The van der Waals surface area contributed by atoms with Gasteiger partial charge in [-0.3, -0.25) is 4.98 Å². The maximum atomic E-state index is 5.82. The number of nitrogens with one attached hydrogen (secondary N) is 1. The van der Waals surface area contributed by atoms with Crippen LogP contribution in [-0.4, -0.2) is 4.98 Å². The average Bonchev–Trinajstić information content (AvgIpc) is 2.96. The van der Waals surface area contributed by atoms with E-state index in [1.807, 2.05) is 42.6 Å². The van der Waals surface area contributed by atoms with E-state index in [0.717, 1.165) is 33.3 Å². The van der Waals surface area contributed by atoms with Gasteiger partial charge >= 0.3 is 0 Å². The lowest BCUT2D eigenvalue weighted by Crippen LogP contribution is -1.99. The number of rotatable bonds is 3. The summed E-state index contributed by atoms with van der Waals surface area (Å²) in [5.74, 6) is 0.920. The molecule has 0 fully saturated rings. The van der Waals surface area contributed by atoms with Crippen LogP contribution in [0.1, 0.15) is 5.76 Å². The lowest BCUT2D eigenvalue weighted by molar-refractivity contribution is 0.559. The highest BCUT2D eigenvalue weighted by molar-refractivity contribution is 5.90. The zero-order chi connectivity index (χ0) is 14.1. The predicted octanol–water partition coefficient (Wildman–Crippen LogP) is 4.59. The van der Waals surface area contributed by atoms with Crippen molar-refractivity contribution in [2.45, 2.75) is 6.54 Å². The molecule has 21 heavy (non-hydrogen) atoms. The monoisotopic (exact) mass is 274 g/mol. The zero-order valence-electron chi connectivity index (χ0n) is 11.4. The normalized spacial score (nSPS) is 11.0. The second-order valence-electron chi connectivity index (χ2n) is 4.98. The Kier molecular flexibility index (Phi) is 2.82. The van der Waals surface area contributed by atoms with Gasteiger partial charge in [0.1, 0.15) is 11.3 Å². The van der Waals surface area contributed by atoms with Crippen molar-refractivity contribution in [2.75, 3.05) is 5.32 Å². The number of nitrogens with zero attached hydrogens (tertiary/aromatic N) is 1. The molecule has 0 amide bonds. The van der Waals surface area contributed by atoms with E-state index >= 15 is 0 Å². The van der Waals surface area contributed by atoms with Crippen molar-refractivity contribution >= 4 is 27.6 Å². The lowest BCUT2D eigenvalue weighted by atomic mass is 10.2. The minimum Gasteiger partial charge on any atom is -0.459 e. The van der Waals surface area contributed by atoms with Crippen molar-refractivity contribution in [2.24, 2.45) is 0 Å². The summed E-state index contributed by atoms with van der Waals surface area (Å²) < 4.78 is 5.82. The molecular weight excluding hydrogens is 260 g/mol. The quantitative estimate of drug-likeness (QED) is 0.593. The maximum Gasteiger partial charge on any atom is 0.134 e. The first kappa shape index (κ1) is 12.0. The molecule has 1 N–H and O–H groups in total. The Morgan fingerprint density at radius 2 is 1.76 bits per heavy atom. The van der Waals surface area contributed by atoms with Gasteiger partial charge in [0.2, 0.25) is 0 Å². The fraction of sp³-hybridized carbons (Fsp3) is 0.0556. The third-order valence-corrected chi connectivity index (χ3v) is 3.56. The number of hydrogen-bond acceptors (Lipinski definition) is 3. The van der Waals surface area contributed by atoms with E-state index in [-0.39, 0.29) is 0 Å². The van der Waals surface area contributed by atoms with Gasteiger partial charge in [-0.25, -0.2) is 0 Å². The number of para-hydroxylation sites is 2. The summed E-state index contributed by atoms with van der Waals surface area (Å²) in [4.78, 5) is 4.44. The molecule has 2 heterocycles. The Hall–Kier alpha value is -2.81. The van der Waals surface area contributed by atoms with Gasteiger partial charge in [-0.15, -0.1) is 0 Å². The van der Waals surface area contributed by atoms with Crippen LogP contribution in [0, 0.1) is 0 Å². The molecule has 0 aliphatic rings. The Morgan fingerprint density at radius 1 is 0.905 bits per heavy atom. The Morgan fingerprint density at radius 3 is 2.71 bits per heavy atom. The van der Waals surface area contributed by atoms with Crippen LogP contribution in [0.3, 0.4) is 0 Å². The van der Waals surface area contributed by atoms with Gasteiger partial charge in [-0.2, -0.15) is 0 Å². The minimum atomic E-state index is 0.643. The topological polar surface area (TPSA) is 38.1 Å². The fourth-order valence-corrected chi connectivity index (χ4v) is 2.55. The van der Waals surface area contributed by atoms with Crippen molar-refractivity contribution in [1.82, 2.24) is 4.98 Å². The molecule has 0 saturated heterocycles. The minimum absolute atomic E-state index is 0.643. The molecule has 0 atom stereocenters. The van der Waals surface area contributed by atoms with Crippen LogP contribution < -0.4 is 5.32 Å². The maximum absolute atomic E-state index is 5.82. The molecule has 4 rings (SSSR count). The number of pyridine rings is 1. The van der Waals surface area contributed by atoms with Crippen molar-refractivity contribution < 1.29 is 4.42 Å². The van der Waals surface area contributed by atoms with E-state index in [2.05, 4.69) is 34.6 Å². The predicted molar refractivity (Wildman–Crippen MR) is 85.3 cm³/mol. The van der Waals surface area contributed by atoms with Crippen LogP contribution in [0.5, 0.6) is 0 Å². The Bertz CT molecular complexity index is 873. The molecule has 0 spiro atoms. The number of fused-ring (bicyclic) bond motifs is 2. The molecule has 0 bridgehead atoms. The van der Waals surface area contributed by atoms with E-state index in [1.54, 1.807) is 0 Å². The van der Waals surface area contributed by atoms with Gasteiger partial charge in [-0.1, -0.05) is 36.4 Å². The largest absolute Gasteiger partial charge is 0.459 e. The van der Waals surface area contributed by atoms with E-state index in [0.29, 0.717) is 6.54 Å². The summed E-state index contributed by atoms with van der Waals surface area (Å²) in [6, 6.07) is 20.3. The summed E-state index contributed by atoms with van der Waals surface area (Å²) >= 11 is 0. The van der Waals surface area contributed by atoms with Crippen LogP contribution in [-0.2, 0) is 6.54 Å². The van der Waals surface area contributed by atoms with E-state index < -0.39 is 0 Å². The number of anilines is 1. The molecule has 4 aromatic rings. The summed E-state index contributed by atoms with van der Waals surface area (Å²) in [6.45, 7) is 0.643. The molecule has 102 valence electrons. The van der Waals surface area contributed by atoms with Crippen molar-refractivity contribution in [1.29, 1.82) is 0 Å². The van der Waals surface area contributed by atoms with Crippen LogP contribution in [0.2, 0.25) is 0 Å². The first-order valence-electron chi connectivity index (χ1n) is 6.95. The number of furan rings is 1. The van der Waals surface area contributed by atoms with Gasteiger partial charge in [0.25, 0.3) is 0 Å². The number of hydrogen-bond donors (Lipinski definition) is 1. The molecule has 0 saturated carbocycles. The van der Waals surface area contributed by atoms with Gasteiger partial charge < -0.3 is 9.73 Å². The van der Waals surface area contributed by atoms with Crippen molar-refractivity contribution in [3.63, 3.8) is 0 Å². The smallest absolute Gasteiger partial charge is 0.134 e. The number of benzene rings is 2. The summed E-state index contributed by atoms with van der Waals surface area (Å²) in [5.41, 5.74) is 2.93. The molecule has 0 aliphatic heterocycles. The lowest BCUT2D eigenvalue weighted by Gasteiger charge is -2.07. The molecule has 2 aromatic carbocycles. The van der Waals surface area contributed by atoms with E-state index in [4.69, 9.17) is 4.42 Å². The molecule has 3 heteroatoms. The van der Waals surface area contributed by atoms with Crippen LogP contribution in [0.25, 0.3) is 21.9 Å². The second-order valence-corrected chi connectivity index (χ2v) is 4.98. The second kappa shape index (κ2) is 4.94. The first-order valence-corrected chi connectivity index (χ1v) is 6.95. The Labute approximate surface area is 122 Å². The summed E-state index contributed by atoms with van der Waals surface area (Å²) in [6.07, 6.45) is 1.81. The summed E-state index contributed by atoms with van der Waals surface area (Å²) in [7, 11) is 0. The van der Waals surface area contributed by atoms with E-state index in [9.17, 15) is 0 Å². The summed E-state index contributed by atoms with van der Waals surface area (Å²) in [5, 5.41) is 5.67. The highest BCUT2D eigenvalue weighted by Gasteiger charge is 2.05. The zero-order valence-corrected chi connectivity index (χ0v) is 11.4. The SMILES string of the molecule is c1ccc2oc(CNc3cccc4cccnc34)cc2c1. The standard InChI is InChI=1S/C18H14N2O/c1-2-9-17-14(5-1)11-15(21-17)12-20-16-8-3-6-13-7-4-10-19-18(13)16/h1-11,20H,12H2. The third kappa shape index (κ3) is 2.23. The molecule has 0 radical (unpaired) electrons. The van der Waals surface area contributed by atoms with Gasteiger partial charge in [0, 0.05) is 17.0 Å². The molecule has 0 unspecified atom stereocenters. The fourth-order valence-electron chi connectivity index (χ4n) is 2.55. The highest BCUT2D eigenvalue weighted by Crippen LogP contribution is 2.23. The molecule has 0 aliphatic carbocycles. The molecule has 2 aromatic heterocycles. The van der Waals surface area contributed by atoms with Gasteiger partial charge in [0.05, 0.1) is 17.7 Å². The van der Waals surface area contributed by atoms with Crippen LogP contribution in [0.4, 0.5) is 5.69 Å².